The Morgan fingerprint density at radius 3 is 2.65 bits per heavy atom. The molecule has 2 heterocycles. The van der Waals surface area contributed by atoms with Crippen LogP contribution in [0.5, 0.6) is 0 Å². The van der Waals surface area contributed by atoms with Crippen molar-refractivity contribution >= 4 is 22.4 Å². The summed E-state index contributed by atoms with van der Waals surface area (Å²) in [6, 6.07) is 11.5. The maximum absolute atomic E-state index is 5.87. The van der Waals surface area contributed by atoms with Crippen LogP contribution in [0.25, 0.3) is 10.8 Å². The SMILES string of the molecule is NNC(c1ccc(Cl)cn1)c1cncc2ccccc12. The number of hydrogen-bond acceptors (Lipinski definition) is 4. The third-order valence-corrected chi connectivity index (χ3v) is 3.45. The van der Waals surface area contributed by atoms with Crippen LogP contribution in [-0.2, 0) is 0 Å². The van der Waals surface area contributed by atoms with Gasteiger partial charge >= 0.3 is 0 Å². The summed E-state index contributed by atoms with van der Waals surface area (Å²) in [6.45, 7) is 0. The molecule has 100 valence electrons. The highest BCUT2D eigenvalue weighted by Crippen LogP contribution is 2.27. The maximum Gasteiger partial charge on any atom is 0.0902 e. The van der Waals surface area contributed by atoms with Gasteiger partial charge in [0.05, 0.1) is 16.8 Å². The zero-order valence-corrected chi connectivity index (χ0v) is 11.4. The van der Waals surface area contributed by atoms with Gasteiger partial charge in [0.25, 0.3) is 0 Å². The second-order valence-corrected chi connectivity index (χ2v) is 4.89. The first-order valence-electron chi connectivity index (χ1n) is 6.20. The van der Waals surface area contributed by atoms with Gasteiger partial charge in [0.15, 0.2) is 0 Å². The van der Waals surface area contributed by atoms with Crippen LogP contribution in [0.2, 0.25) is 5.02 Å². The van der Waals surface area contributed by atoms with E-state index >= 15 is 0 Å². The highest BCUT2D eigenvalue weighted by molar-refractivity contribution is 6.30. The normalized spacial score (nSPS) is 12.5. The fourth-order valence-electron chi connectivity index (χ4n) is 2.26. The van der Waals surface area contributed by atoms with Crippen LogP contribution in [0.3, 0.4) is 0 Å². The van der Waals surface area contributed by atoms with Crippen LogP contribution >= 0.6 is 11.6 Å². The average molecular weight is 285 g/mol. The van der Waals surface area contributed by atoms with Crippen molar-refractivity contribution in [2.75, 3.05) is 0 Å². The van der Waals surface area contributed by atoms with Gasteiger partial charge in [-0.1, -0.05) is 35.9 Å². The van der Waals surface area contributed by atoms with Crippen LogP contribution in [0.4, 0.5) is 0 Å². The van der Waals surface area contributed by atoms with E-state index in [2.05, 4.69) is 15.4 Å². The molecular formula is C15H13ClN4. The Balaban J connectivity index is 2.14. The van der Waals surface area contributed by atoms with Crippen LogP contribution in [0.1, 0.15) is 17.3 Å². The lowest BCUT2D eigenvalue weighted by molar-refractivity contribution is 0.623. The number of nitrogens with one attached hydrogen (secondary N) is 1. The van der Waals surface area contributed by atoms with Crippen molar-refractivity contribution in [3.05, 3.63) is 71.3 Å². The van der Waals surface area contributed by atoms with Gasteiger partial charge in [-0.2, -0.15) is 0 Å². The first-order valence-corrected chi connectivity index (χ1v) is 6.57. The second kappa shape index (κ2) is 5.54. The second-order valence-electron chi connectivity index (χ2n) is 4.45. The van der Waals surface area contributed by atoms with Crippen molar-refractivity contribution in [3.63, 3.8) is 0 Å². The van der Waals surface area contributed by atoms with E-state index in [0.29, 0.717) is 5.02 Å². The Labute approximate surface area is 121 Å². The van der Waals surface area contributed by atoms with E-state index in [0.717, 1.165) is 22.0 Å². The smallest absolute Gasteiger partial charge is 0.0902 e. The minimum absolute atomic E-state index is 0.231. The van der Waals surface area contributed by atoms with Crippen LogP contribution in [0, 0.1) is 0 Å². The molecule has 0 fully saturated rings. The number of hydrazine groups is 1. The predicted molar refractivity (Wildman–Crippen MR) is 80.2 cm³/mol. The lowest BCUT2D eigenvalue weighted by Gasteiger charge is -2.17. The molecule has 0 radical (unpaired) electrons. The van der Waals surface area contributed by atoms with Crippen LogP contribution in [0.15, 0.2) is 55.0 Å². The average Bonchev–Trinajstić information content (AvgIpc) is 2.50. The number of rotatable bonds is 3. The molecule has 0 spiro atoms. The molecule has 1 unspecified atom stereocenters. The van der Waals surface area contributed by atoms with E-state index in [9.17, 15) is 0 Å². The molecule has 1 atom stereocenters. The van der Waals surface area contributed by atoms with Crippen molar-refractivity contribution in [2.24, 2.45) is 5.84 Å². The largest absolute Gasteiger partial charge is 0.271 e. The number of benzene rings is 1. The van der Waals surface area contributed by atoms with E-state index in [1.807, 2.05) is 42.7 Å². The van der Waals surface area contributed by atoms with Crippen molar-refractivity contribution < 1.29 is 0 Å². The summed E-state index contributed by atoms with van der Waals surface area (Å²) in [4.78, 5) is 8.61. The lowest BCUT2D eigenvalue weighted by Crippen LogP contribution is -2.29. The summed E-state index contributed by atoms with van der Waals surface area (Å²) >= 11 is 5.87. The highest BCUT2D eigenvalue weighted by Gasteiger charge is 2.16. The summed E-state index contributed by atoms with van der Waals surface area (Å²) < 4.78 is 0. The molecule has 2 aromatic heterocycles. The molecule has 0 amide bonds. The van der Waals surface area contributed by atoms with Gasteiger partial charge in [-0.25, -0.2) is 5.43 Å². The number of nitrogens with two attached hydrogens (primary N) is 1. The van der Waals surface area contributed by atoms with E-state index in [4.69, 9.17) is 17.4 Å². The van der Waals surface area contributed by atoms with Crippen molar-refractivity contribution in [2.45, 2.75) is 6.04 Å². The Hall–Kier alpha value is -2.01. The van der Waals surface area contributed by atoms with Gasteiger partial charge in [-0.15, -0.1) is 0 Å². The predicted octanol–water partition coefficient (Wildman–Crippen LogP) is 2.84. The zero-order chi connectivity index (χ0) is 13.9. The minimum Gasteiger partial charge on any atom is -0.271 e. The van der Waals surface area contributed by atoms with E-state index in [1.54, 1.807) is 12.3 Å². The maximum atomic E-state index is 5.87. The Morgan fingerprint density at radius 1 is 1.05 bits per heavy atom. The molecule has 4 nitrogen and oxygen atoms in total. The number of halogens is 1. The highest BCUT2D eigenvalue weighted by atomic mass is 35.5. The topological polar surface area (TPSA) is 63.8 Å². The molecule has 0 bridgehead atoms. The molecular weight excluding hydrogens is 272 g/mol. The molecule has 0 saturated heterocycles. The quantitative estimate of drug-likeness (QED) is 0.573. The Kier molecular flexibility index (Phi) is 3.60. The number of pyridine rings is 2. The van der Waals surface area contributed by atoms with Crippen molar-refractivity contribution in [1.82, 2.24) is 15.4 Å². The lowest BCUT2D eigenvalue weighted by atomic mass is 9.99. The molecule has 0 aliphatic rings. The van der Waals surface area contributed by atoms with Crippen molar-refractivity contribution in [3.8, 4) is 0 Å². The first kappa shape index (κ1) is 13.0. The molecule has 0 aliphatic heterocycles. The number of aromatic nitrogens is 2. The van der Waals surface area contributed by atoms with Crippen LogP contribution in [-0.4, -0.2) is 9.97 Å². The zero-order valence-electron chi connectivity index (χ0n) is 10.6. The fourth-order valence-corrected chi connectivity index (χ4v) is 2.37. The van der Waals surface area contributed by atoms with Gasteiger partial charge in [-0.3, -0.25) is 15.8 Å². The summed E-state index contributed by atoms with van der Waals surface area (Å²) in [7, 11) is 0. The number of hydrogen-bond donors (Lipinski definition) is 2. The van der Waals surface area contributed by atoms with E-state index in [-0.39, 0.29) is 6.04 Å². The number of fused-ring (bicyclic) bond motifs is 1. The summed E-state index contributed by atoms with van der Waals surface area (Å²) in [5.41, 5.74) is 4.59. The molecule has 3 rings (SSSR count). The first-order chi connectivity index (χ1) is 9.79. The molecule has 1 aromatic carbocycles. The molecule has 0 saturated carbocycles. The molecule has 0 aliphatic carbocycles. The minimum atomic E-state index is -0.231. The monoisotopic (exact) mass is 284 g/mol. The summed E-state index contributed by atoms with van der Waals surface area (Å²) in [5.74, 6) is 5.72. The third-order valence-electron chi connectivity index (χ3n) is 3.22. The molecule has 5 heteroatoms. The van der Waals surface area contributed by atoms with Gasteiger partial charge in [-0.05, 0) is 17.5 Å². The Morgan fingerprint density at radius 2 is 1.90 bits per heavy atom. The van der Waals surface area contributed by atoms with Gasteiger partial charge < -0.3 is 0 Å². The molecule has 3 N–H and O–H groups in total. The van der Waals surface area contributed by atoms with Gasteiger partial charge in [0.2, 0.25) is 0 Å². The fraction of sp³-hybridized carbons (Fsp3) is 0.0667. The van der Waals surface area contributed by atoms with Gasteiger partial charge in [0, 0.05) is 29.5 Å². The van der Waals surface area contributed by atoms with E-state index in [1.165, 1.54) is 0 Å². The molecule has 20 heavy (non-hydrogen) atoms. The van der Waals surface area contributed by atoms with Crippen LogP contribution < -0.4 is 11.3 Å². The summed E-state index contributed by atoms with van der Waals surface area (Å²) in [6.07, 6.45) is 5.25. The van der Waals surface area contributed by atoms with Gasteiger partial charge in [0.1, 0.15) is 0 Å². The Bertz CT molecular complexity index is 722. The molecule has 3 aromatic rings. The summed E-state index contributed by atoms with van der Waals surface area (Å²) in [5, 5.41) is 2.77. The van der Waals surface area contributed by atoms with Crippen molar-refractivity contribution in [1.29, 1.82) is 0 Å². The number of nitrogens with zero attached hydrogens (tertiary/aromatic N) is 2. The standard InChI is InChI=1S/C15H13ClN4/c16-11-5-6-14(19-8-11)15(20-17)13-9-18-7-10-3-1-2-4-12(10)13/h1-9,15,20H,17H2. The third kappa shape index (κ3) is 2.36. The van der Waals surface area contributed by atoms with E-state index < -0.39 is 0 Å².